The number of amides is 4. The lowest BCUT2D eigenvalue weighted by atomic mass is 9.93. The van der Waals surface area contributed by atoms with Gasteiger partial charge < -0.3 is 19.7 Å². The third-order valence-corrected chi connectivity index (χ3v) is 13.8. The van der Waals surface area contributed by atoms with Crippen molar-refractivity contribution in [2.24, 2.45) is 7.05 Å². The van der Waals surface area contributed by atoms with Gasteiger partial charge in [-0.15, -0.1) is 0 Å². The maximum absolute atomic E-state index is 14.0. The zero-order valence-electron chi connectivity index (χ0n) is 40.5. The first-order chi connectivity index (χ1) is 34.6. The molecule has 1 fully saturated rings. The van der Waals surface area contributed by atoms with Crippen LogP contribution in [0, 0.1) is 6.92 Å². The van der Waals surface area contributed by atoms with Crippen molar-refractivity contribution in [1.29, 1.82) is 0 Å². The summed E-state index contributed by atoms with van der Waals surface area (Å²) in [5.74, 6) is -0.219. The van der Waals surface area contributed by atoms with E-state index in [2.05, 4.69) is 37.0 Å². The van der Waals surface area contributed by atoms with Gasteiger partial charge in [0.05, 0.1) is 27.3 Å². The molecule has 0 bridgehead atoms. The van der Waals surface area contributed by atoms with E-state index >= 15 is 0 Å². The Balaban J connectivity index is 0.795. The maximum atomic E-state index is 14.0. The van der Waals surface area contributed by atoms with E-state index in [-0.39, 0.29) is 42.2 Å². The van der Waals surface area contributed by atoms with E-state index in [0.29, 0.717) is 77.3 Å². The molecule has 5 aromatic carbocycles. The monoisotopic (exact) mass is 980 g/mol. The molecule has 0 radical (unpaired) electrons. The van der Waals surface area contributed by atoms with Crippen LogP contribution < -0.4 is 25.6 Å². The van der Waals surface area contributed by atoms with Gasteiger partial charge >= 0.3 is 5.97 Å². The number of esters is 1. The zero-order chi connectivity index (χ0) is 50.3. The van der Waals surface area contributed by atoms with Gasteiger partial charge in [-0.3, -0.25) is 34.5 Å². The summed E-state index contributed by atoms with van der Waals surface area (Å²) in [4.78, 5) is 76.7. The van der Waals surface area contributed by atoms with Crippen LogP contribution in [0.4, 0.5) is 16.6 Å². The Morgan fingerprint density at radius 1 is 0.847 bits per heavy atom. The molecule has 5 heterocycles. The summed E-state index contributed by atoms with van der Waals surface area (Å²) in [6.45, 7) is 8.50. The molecular formula is C56H52N8O7S. The first-order valence-corrected chi connectivity index (χ1v) is 24.7. The number of hydrogen-bond acceptors (Lipinski definition) is 12. The van der Waals surface area contributed by atoms with Gasteiger partial charge in [-0.2, -0.15) is 5.10 Å². The number of pyridine rings is 1. The number of rotatable bonds is 12. The molecule has 2 aliphatic rings. The molecule has 1 unspecified atom stereocenters. The smallest absolute Gasteiger partial charge is 0.358 e. The molecule has 2 aliphatic heterocycles. The predicted molar refractivity (Wildman–Crippen MR) is 278 cm³/mol. The van der Waals surface area contributed by atoms with Gasteiger partial charge in [0.25, 0.3) is 5.91 Å². The van der Waals surface area contributed by atoms with Crippen molar-refractivity contribution in [3.05, 3.63) is 154 Å². The summed E-state index contributed by atoms with van der Waals surface area (Å²) >= 11 is 1.43. The van der Waals surface area contributed by atoms with E-state index in [1.807, 2.05) is 131 Å². The van der Waals surface area contributed by atoms with Gasteiger partial charge in [0.1, 0.15) is 22.9 Å². The van der Waals surface area contributed by atoms with E-state index in [0.717, 1.165) is 48.9 Å². The van der Waals surface area contributed by atoms with Crippen molar-refractivity contribution in [2.45, 2.75) is 77.9 Å². The fraction of sp³-hybridized carbons (Fsp3) is 0.250. The number of para-hydroxylation sites is 1. The highest BCUT2D eigenvalue weighted by molar-refractivity contribution is 7.22. The molecule has 0 saturated carbocycles. The highest BCUT2D eigenvalue weighted by Gasteiger charge is 2.32. The Kier molecular flexibility index (Phi) is 12.9. The van der Waals surface area contributed by atoms with Crippen LogP contribution in [0.5, 0.6) is 11.5 Å². The number of piperidine rings is 1. The fourth-order valence-corrected chi connectivity index (χ4v) is 10.2. The Morgan fingerprint density at radius 3 is 2.42 bits per heavy atom. The Bertz CT molecular complexity index is 3430. The van der Waals surface area contributed by atoms with Gasteiger partial charge in [-0.1, -0.05) is 53.8 Å². The molecule has 15 nitrogen and oxygen atoms in total. The number of nitrogens with one attached hydrogen (secondary N) is 3. The highest BCUT2D eigenvalue weighted by atomic mass is 32.1. The van der Waals surface area contributed by atoms with Crippen molar-refractivity contribution < 1.29 is 33.4 Å². The van der Waals surface area contributed by atoms with Gasteiger partial charge in [0.15, 0.2) is 10.8 Å². The number of aryl methyl sites for hydroxylation is 3. The van der Waals surface area contributed by atoms with Crippen molar-refractivity contribution in [3.8, 4) is 22.6 Å². The first-order valence-electron chi connectivity index (χ1n) is 23.9. The molecular weight excluding hydrogens is 929 g/mol. The Morgan fingerprint density at radius 2 is 1.64 bits per heavy atom. The van der Waals surface area contributed by atoms with Crippen molar-refractivity contribution in [2.75, 3.05) is 22.1 Å². The molecule has 364 valence electrons. The normalized spacial score (nSPS) is 14.7. The minimum Gasteiger partial charge on any atom is -0.457 e. The lowest BCUT2D eigenvalue weighted by Crippen LogP contribution is -2.39. The minimum absolute atomic E-state index is 0.146. The number of benzene rings is 5. The number of hydrogen-bond donors (Lipinski definition) is 3. The Labute approximate surface area is 419 Å². The molecule has 0 spiro atoms. The lowest BCUT2D eigenvalue weighted by molar-refractivity contribution is -0.134. The van der Waals surface area contributed by atoms with E-state index in [1.165, 1.54) is 11.3 Å². The molecule has 3 aromatic heterocycles. The van der Waals surface area contributed by atoms with Crippen LogP contribution in [0.2, 0.25) is 0 Å². The fourth-order valence-electron chi connectivity index (χ4n) is 9.32. The number of imide groups is 1. The molecule has 3 N–H and O–H groups in total. The number of carbonyl (C=O) groups excluding carboxylic acids is 5. The van der Waals surface area contributed by atoms with Crippen LogP contribution in [0.3, 0.4) is 0 Å². The SMILES string of the molecule is Cc1cc(Oc2ccc(CCC(=O)Nc3ccc4c(C5CCC(=O)NC5=O)nn(C)c4c3)cc2)ccc1-c1ccc(N2CCc3cccc(C(=O)Nc4nc5ccccc5s4)c3C2)nc1C(=O)OC(C)(C)C. The number of nitrogens with zero attached hydrogens (tertiary/aromatic N) is 5. The first kappa shape index (κ1) is 47.4. The maximum Gasteiger partial charge on any atom is 0.358 e. The van der Waals surface area contributed by atoms with Gasteiger partial charge in [0, 0.05) is 55.2 Å². The second-order valence-corrected chi connectivity index (χ2v) is 20.2. The van der Waals surface area contributed by atoms with Crippen LogP contribution in [0.15, 0.2) is 115 Å². The zero-order valence-corrected chi connectivity index (χ0v) is 41.3. The summed E-state index contributed by atoms with van der Waals surface area (Å²) in [6, 6.07) is 36.2. The molecule has 1 atom stereocenters. The summed E-state index contributed by atoms with van der Waals surface area (Å²) in [7, 11) is 1.79. The van der Waals surface area contributed by atoms with Crippen LogP contribution in [0.25, 0.3) is 32.2 Å². The van der Waals surface area contributed by atoms with Crippen molar-refractivity contribution in [3.63, 3.8) is 0 Å². The van der Waals surface area contributed by atoms with Crippen LogP contribution in [0.1, 0.15) is 94.7 Å². The van der Waals surface area contributed by atoms with Gasteiger partial charge in [0.2, 0.25) is 17.7 Å². The van der Waals surface area contributed by atoms with E-state index in [1.54, 1.807) is 17.8 Å². The molecule has 1 saturated heterocycles. The summed E-state index contributed by atoms with van der Waals surface area (Å²) in [5.41, 5.74) is 8.06. The van der Waals surface area contributed by atoms with Crippen LogP contribution in [-0.4, -0.2) is 61.5 Å². The molecule has 8 aromatic rings. The standard InChI is InChI=1S/C56H52N8O7S/c1-32-29-37(70-36-17-13-33(14-18-36)15-25-48(65)57-35-16-20-41-45(30-35)63(5)62-50(41)42-23-26-49(66)60-53(42)68)19-21-38(32)39-22-24-47(59-51(39)54(69)71-56(2,3)4)64-28-27-34-9-8-10-40(43(34)31-64)52(67)61-55-58-44-11-6-7-12-46(44)72-55/h6-14,16-22,24,29-30,42H,15,23,25-28,31H2,1-5H3,(H,57,65)(H,58,61,67)(H,60,66,68). The molecule has 16 heteroatoms. The average Bonchev–Trinajstić information content (AvgIpc) is 3.92. The third-order valence-electron chi connectivity index (χ3n) is 12.8. The van der Waals surface area contributed by atoms with Crippen molar-refractivity contribution >= 4 is 78.7 Å². The Hall–Kier alpha value is -8.24. The lowest BCUT2D eigenvalue weighted by Gasteiger charge is -2.31. The second kappa shape index (κ2) is 19.5. The molecule has 0 aliphatic carbocycles. The van der Waals surface area contributed by atoms with Gasteiger partial charge in [-0.25, -0.2) is 14.8 Å². The highest BCUT2D eigenvalue weighted by Crippen LogP contribution is 2.36. The van der Waals surface area contributed by atoms with Crippen LogP contribution in [-0.2, 0) is 45.6 Å². The number of thiazole rings is 1. The quantitative estimate of drug-likeness (QED) is 0.0781. The largest absolute Gasteiger partial charge is 0.457 e. The van der Waals surface area contributed by atoms with Crippen LogP contribution >= 0.6 is 11.3 Å². The van der Waals surface area contributed by atoms with Gasteiger partial charge in [-0.05, 0) is 148 Å². The number of anilines is 3. The van der Waals surface area contributed by atoms with E-state index in [9.17, 15) is 24.0 Å². The summed E-state index contributed by atoms with van der Waals surface area (Å²) in [5, 5.41) is 14.3. The second-order valence-electron chi connectivity index (χ2n) is 19.1. The number of fused-ring (bicyclic) bond motifs is 3. The summed E-state index contributed by atoms with van der Waals surface area (Å²) < 4.78 is 14.9. The molecule has 10 rings (SSSR count). The molecule has 72 heavy (non-hydrogen) atoms. The van der Waals surface area contributed by atoms with E-state index in [4.69, 9.17) is 14.5 Å². The van der Waals surface area contributed by atoms with E-state index < -0.39 is 17.5 Å². The van der Waals surface area contributed by atoms with Crippen molar-refractivity contribution in [1.82, 2.24) is 25.1 Å². The predicted octanol–water partition coefficient (Wildman–Crippen LogP) is 10.2. The molecule has 4 amide bonds. The topological polar surface area (TPSA) is 187 Å². The number of carbonyl (C=O) groups is 5. The number of ether oxygens (including phenoxy) is 2. The average molecular weight is 981 g/mol. The summed E-state index contributed by atoms with van der Waals surface area (Å²) in [6.07, 6.45) is 2.12. The minimum atomic E-state index is -0.763. The number of aromatic nitrogens is 4. The third kappa shape index (κ3) is 10.2.